The first-order valence-corrected chi connectivity index (χ1v) is 15.6. The van der Waals surface area contributed by atoms with E-state index in [-0.39, 0.29) is 11.8 Å². The third kappa shape index (κ3) is 5.87. The number of aromatic nitrogens is 2. The minimum atomic E-state index is -0.0699. The van der Waals surface area contributed by atoms with Crippen LogP contribution in [-0.4, -0.2) is 59.1 Å². The summed E-state index contributed by atoms with van der Waals surface area (Å²) >= 11 is 12.3. The quantitative estimate of drug-likeness (QED) is 0.158. The molecule has 6 rings (SSSR count). The summed E-state index contributed by atoms with van der Waals surface area (Å²) in [6.45, 7) is 2.86. The topological polar surface area (TPSA) is 71.3 Å². The van der Waals surface area contributed by atoms with Gasteiger partial charge in [-0.2, -0.15) is 0 Å². The maximum atomic E-state index is 13.1. The van der Waals surface area contributed by atoms with Crippen LogP contribution in [0, 0.1) is 0 Å². The maximum Gasteiger partial charge on any atom is 0.253 e. The molecule has 0 fully saturated rings. The first-order valence-electron chi connectivity index (χ1n) is 14.8. The molecule has 6 aromatic rings. The van der Waals surface area contributed by atoms with Crippen LogP contribution in [0.4, 0.5) is 0 Å². The normalized spacial score (nSPS) is 11.8. The maximum absolute atomic E-state index is 13.1. The number of amides is 2. The summed E-state index contributed by atoms with van der Waals surface area (Å²) in [6.07, 6.45) is 5.45. The van der Waals surface area contributed by atoms with E-state index in [1.807, 2.05) is 96.3 Å². The Morgan fingerprint density at radius 3 is 1.50 bits per heavy atom. The Balaban J connectivity index is 0.964. The Bertz CT molecular complexity index is 1900. The summed E-state index contributed by atoms with van der Waals surface area (Å²) in [5.74, 6) is -0.140. The number of nitrogens with zero attached hydrogens (tertiary/aromatic N) is 3. The van der Waals surface area contributed by atoms with Crippen LogP contribution in [0.25, 0.3) is 43.4 Å². The molecular formula is C35H35Cl2N5O2. The van der Waals surface area contributed by atoms with Crippen LogP contribution in [0.3, 0.4) is 0 Å². The molecule has 0 saturated carbocycles. The van der Waals surface area contributed by atoms with Crippen molar-refractivity contribution in [2.24, 2.45) is 14.1 Å². The molecule has 4 aromatic carbocycles. The highest BCUT2D eigenvalue weighted by Crippen LogP contribution is 2.32. The third-order valence-electron chi connectivity index (χ3n) is 8.33. The van der Waals surface area contributed by atoms with Gasteiger partial charge in [0.15, 0.2) is 0 Å². The molecular weight excluding hydrogens is 593 g/mol. The number of carbonyl (C=O) groups is 2. The van der Waals surface area contributed by atoms with E-state index in [1.54, 1.807) is 0 Å². The largest absolute Gasteiger partial charge is 0.352 e. The molecule has 44 heavy (non-hydrogen) atoms. The van der Waals surface area contributed by atoms with E-state index in [9.17, 15) is 9.59 Å². The van der Waals surface area contributed by atoms with E-state index >= 15 is 0 Å². The van der Waals surface area contributed by atoms with Gasteiger partial charge in [0.25, 0.3) is 11.8 Å². The van der Waals surface area contributed by atoms with Gasteiger partial charge in [0.1, 0.15) is 0 Å². The summed E-state index contributed by atoms with van der Waals surface area (Å²) in [7, 11) is 5.99. The molecule has 2 N–H and O–H groups in total. The Morgan fingerprint density at radius 1 is 0.659 bits per heavy atom. The summed E-state index contributed by atoms with van der Waals surface area (Å²) in [5, 5.41) is 13.7. The molecule has 2 aromatic heterocycles. The zero-order valence-corrected chi connectivity index (χ0v) is 26.6. The molecule has 7 nitrogen and oxygen atoms in total. The van der Waals surface area contributed by atoms with E-state index in [2.05, 4.69) is 22.6 Å². The van der Waals surface area contributed by atoms with E-state index in [1.165, 1.54) is 0 Å². The Hall–Kier alpha value is -4.04. The van der Waals surface area contributed by atoms with Gasteiger partial charge in [-0.25, -0.2) is 0 Å². The number of fused-ring (bicyclic) bond motifs is 6. The minimum Gasteiger partial charge on any atom is -0.352 e. The predicted octanol–water partition coefficient (Wildman–Crippen LogP) is 7.16. The van der Waals surface area contributed by atoms with Crippen LogP contribution in [0.1, 0.15) is 33.6 Å². The van der Waals surface area contributed by atoms with Gasteiger partial charge in [0.05, 0.1) is 22.2 Å². The molecule has 0 aliphatic rings. The molecule has 0 radical (unpaired) electrons. The SMILES string of the molecule is CN(CCCNC(=O)c1cn(C)c2c1ccc1cc(Cl)ccc12)CCCNC(=O)c1cn(C)c2c1ccc1cc(Cl)ccc12. The highest BCUT2D eigenvalue weighted by atomic mass is 35.5. The number of nitrogens with one attached hydrogen (secondary N) is 2. The van der Waals surface area contributed by atoms with E-state index in [4.69, 9.17) is 23.2 Å². The lowest BCUT2D eigenvalue weighted by Gasteiger charge is -2.16. The van der Waals surface area contributed by atoms with Crippen molar-refractivity contribution in [3.63, 3.8) is 0 Å². The van der Waals surface area contributed by atoms with Gasteiger partial charge in [-0.15, -0.1) is 0 Å². The van der Waals surface area contributed by atoms with Gasteiger partial charge in [0, 0.05) is 71.2 Å². The van der Waals surface area contributed by atoms with Crippen molar-refractivity contribution in [3.8, 4) is 0 Å². The lowest BCUT2D eigenvalue weighted by atomic mass is 10.1. The lowest BCUT2D eigenvalue weighted by Crippen LogP contribution is -2.30. The Labute approximate surface area is 266 Å². The van der Waals surface area contributed by atoms with Crippen molar-refractivity contribution in [2.45, 2.75) is 12.8 Å². The number of rotatable bonds is 10. The van der Waals surface area contributed by atoms with Gasteiger partial charge in [-0.3, -0.25) is 9.59 Å². The molecule has 0 spiro atoms. The van der Waals surface area contributed by atoms with Crippen LogP contribution in [0.5, 0.6) is 0 Å². The molecule has 0 unspecified atom stereocenters. The fourth-order valence-electron chi connectivity index (χ4n) is 6.18. The van der Waals surface area contributed by atoms with Crippen molar-refractivity contribution < 1.29 is 9.59 Å². The smallest absolute Gasteiger partial charge is 0.253 e. The number of carbonyl (C=O) groups excluding carboxylic acids is 2. The highest BCUT2D eigenvalue weighted by Gasteiger charge is 2.17. The third-order valence-corrected chi connectivity index (χ3v) is 8.80. The molecule has 0 saturated heterocycles. The highest BCUT2D eigenvalue weighted by molar-refractivity contribution is 6.32. The molecule has 0 aliphatic carbocycles. The zero-order valence-electron chi connectivity index (χ0n) is 25.1. The van der Waals surface area contributed by atoms with E-state index in [0.717, 1.165) is 69.3 Å². The summed E-state index contributed by atoms with van der Waals surface area (Å²) in [4.78, 5) is 28.3. The minimum absolute atomic E-state index is 0.0699. The zero-order chi connectivity index (χ0) is 31.0. The molecule has 226 valence electrons. The summed E-state index contributed by atoms with van der Waals surface area (Å²) < 4.78 is 4.01. The standard InChI is InChI=1S/C35H35Cl2N5O2/c1-40(16-4-14-38-34(43)30-20-41(2)32-26-12-8-24(36)18-22(26)6-10-28(30)32)17-5-15-39-35(44)31-21-42(3)33-27-13-9-25(37)19-23(27)7-11-29(31)33/h6-13,18-21H,4-5,14-17H2,1-3H3,(H,38,43)(H,39,44). The molecule has 0 aliphatic heterocycles. The molecule has 0 atom stereocenters. The van der Waals surface area contributed by atoms with Gasteiger partial charge in [-0.1, -0.05) is 59.6 Å². The molecule has 2 amide bonds. The van der Waals surface area contributed by atoms with E-state index in [0.29, 0.717) is 34.3 Å². The second-order valence-corrected chi connectivity index (χ2v) is 12.4. The Morgan fingerprint density at radius 2 is 1.07 bits per heavy atom. The van der Waals surface area contributed by atoms with Gasteiger partial charge in [0.2, 0.25) is 0 Å². The predicted molar refractivity (Wildman–Crippen MR) is 182 cm³/mol. The molecule has 2 heterocycles. The fraction of sp³-hybridized carbons (Fsp3) is 0.257. The monoisotopic (exact) mass is 627 g/mol. The summed E-state index contributed by atoms with van der Waals surface area (Å²) in [6, 6.07) is 19.7. The van der Waals surface area contributed by atoms with Gasteiger partial charge < -0.3 is 24.7 Å². The average molecular weight is 629 g/mol. The van der Waals surface area contributed by atoms with Crippen LogP contribution in [-0.2, 0) is 14.1 Å². The van der Waals surface area contributed by atoms with Crippen LogP contribution < -0.4 is 10.6 Å². The second-order valence-electron chi connectivity index (χ2n) is 11.5. The fourth-order valence-corrected chi connectivity index (χ4v) is 6.55. The lowest BCUT2D eigenvalue weighted by molar-refractivity contribution is 0.0947. The first kappa shape index (κ1) is 30.0. The van der Waals surface area contributed by atoms with Crippen LogP contribution >= 0.6 is 23.2 Å². The van der Waals surface area contributed by atoms with Crippen LogP contribution in [0.2, 0.25) is 10.0 Å². The Kier molecular flexibility index (Phi) is 8.54. The van der Waals surface area contributed by atoms with Gasteiger partial charge >= 0.3 is 0 Å². The first-order chi connectivity index (χ1) is 21.2. The van der Waals surface area contributed by atoms with Crippen molar-refractivity contribution in [3.05, 3.63) is 94.2 Å². The molecule has 0 bridgehead atoms. The van der Waals surface area contributed by atoms with Gasteiger partial charge in [-0.05, 0) is 68.0 Å². The van der Waals surface area contributed by atoms with E-state index < -0.39 is 0 Å². The van der Waals surface area contributed by atoms with Crippen molar-refractivity contribution in [1.29, 1.82) is 0 Å². The van der Waals surface area contributed by atoms with Crippen LogP contribution in [0.15, 0.2) is 73.1 Å². The summed E-state index contributed by atoms with van der Waals surface area (Å²) in [5.41, 5.74) is 3.39. The van der Waals surface area contributed by atoms with Crippen molar-refractivity contribution in [1.82, 2.24) is 24.7 Å². The number of benzene rings is 4. The number of hydrogen-bond donors (Lipinski definition) is 2. The van der Waals surface area contributed by atoms with Crippen molar-refractivity contribution in [2.75, 3.05) is 33.2 Å². The second kappa shape index (κ2) is 12.5. The number of aryl methyl sites for hydroxylation is 2. The molecule has 9 heteroatoms. The number of halogens is 2. The number of hydrogen-bond acceptors (Lipinski definition) is 3. The average Bonchev–Trinajstić information content (AvgIpc) is 3.53. The van der Waals surface area contributed by atoms with Crippen molar-refractivity contribution >= 4 is 78.4 Å².